The van der Waals surface area contributed by atoms with Crippen LogP contribution in [0.3, 0.4) is 0 Å². The molecule has 1 N–H and O–H groups in total. The number of hydrogen-bond acceptors (Lipinski definition) is 6. The van der Waals surface area contributed by atoms with Gasteiger partial charge in [-0.3, -0.25) is 4.79 Å². The molecular formula is C16H17N7O. The average Bonchev–Trinajstić information content (AvgIpc) is 3.03. The van der Waals surface area contributed by atoms with Crippen LogP contribution in [0, 0.1) is 6.92 Å². The molecule has 1 amide bonds. The standard InChI is InChI=1S/C16H17N7O/c1-10-3-6-23-15(19-10)12(8-18-23)16(24)22-5-4-13-11(9-22)7-14(17-2)21-20-13/h3,6-8H,4-5,9H2,1-2H3,(H,17,21). The van der Waals surface area contributed by atoms with E-state index < -0.39 is 0 Å². The Morgan fingerprint density at radius 3 is 3.04 bits per heavy atom. The number of anilines is 1. The van der Waals surface area contributed by atoms with E-state index in [4.69, 9.17) is 0 Å². The summed E-state index contributed by atoms with van der Waals surface area (Å²) in [6, 6.07) is 3.81. The van der Waals surface area contributed by atoms with Gasteiger partial charge in [0.2, 0.25) is 0 Å². The van der Waals surface area contributed by atoms with E-state index in [-0.39, 0.29) is 5.91 Å². The molecule has 8 nitrogen and oxygen atoms in total. The van der Waals surface area contributed by atoms with Crippen LogP contribution in [-0.2, 0) is 13.0 Å². The molecule has 0 saturated carbocycles. The maximum absolute atomic E-state index is 12.9. The molecule has 0 radical (unpaired) electrons. The van der Waals surface area contributed by atoms with Gasteiger partial charge in [-0.25, -0.2) is 9.50 Å². The largest absolute Gasteiger partial charge is 0.372 e. The van der Waals surface area contributed by atoms with E-state index in [1.54, 1.807) is 17.8 Å². The Morgan fingerprint density at radius 2 is 2.21 bits per heavy atom. The quantitative estimate of drug-likeness (QED) is 0.759. The second-order valence-electron chi connectivity index (χ2n) is 5.82. The van der Waals surface area contributed by atoms with Gasteiger partial charge in [0.05, 0.1) is 11.9 Å². The Labute approximate surface area is 138 Å². The summed E-state index contributed by atoms with van der Waals surface area (Å²) in [6.45, 7) is 3.03. The summed E-state index contributed by atoms with van der Waals surface area (Å²) < 4.78 is 1.63. The molecule has 3 aromatic rings. The number of amides is 1. The molecule has 0 spiro atoms. The molecule has 1 aliphatic rings. The van der Waals surface area contributed by atoms with E-state index in [1.807, 2.05) is 30.2 Å². The van der Waals surface area contributed by atoms with Gasteiger partial charge in [-0.15, -0.1) is 5.10 Å². The molecule has 24 heavy (non-hydrogen) atoms. The molecule has 0 atom stereocenters. The lowest BCUT2D eigenvalue weighted by atomic mass is 10.1. The fourth-order valence-electron chi connectivity index (χ4n) is 2.90. The molecule has 0 aliphatic carbocycles. The molecule has 122 valence electrons. The fourth-order valence-corrected chi connectivity index (χ4v) is 2.90. The first-order valence-corrected chi connectivity index (χ1v) is 7.79. The monoisotopic (exact) mass is 323 g/mol. The third-order valence-electron chi connectivity index (χ3n) is 4.22. The van der Waals surface area contributed by atoms with E-state index in [2.05, 4.69) is 25.6 Å². The summed E-state index contributed by atoms with van der Waals surface area (Å²) in [5.41, 5.74) is 3.95. The zero-order valence-electron chi connectivity index (χ0n) is 13.5. The summed E-state index contributed by atoms with van der Waals surface area (Å²) >= 11 is 0. The van der Waals surface area contributed by atoms with E-state index in [0.29, 0.717) is 36.5 Å². The SMILES string of the molecule is CNc1cc2c(nn1)CCN(C(=O)c1cnn3ccc(C)nc13)C2. The summed E-state index contributed by atoms with van der Waals surface area (Å²) in [5.74, 6) is 0.646. The maximum atomic E-state index is 12.9. The highest BCUT2D eigenvalue weighted by Gasteiger charge is 2.26. The highest BCUT2D eigenvalue weighted by Crippen LogP contribution is 2.21. The van der Waals surface area contributed by atoms with Gasteiger partial charge in [0.15, 0.2) is 5.65 Å². The van der Waals surface area contributed by atoms with Crippen LogP contribution in [0.2, 0.25) is 0 Å². The second kappa shape index (κ2) is 5.55. The highest BCUT2D eigenvalue weighted by atomic mass is 16.2. The van der Waals surface area contributed by atoms with Crippen molar-refractivity contribution in [3.05, 3.63) is 47.0 Å². The molecule has 1 aliphatic heterocycles. The van der Waals surface area contributed by atoms with Gasteiger partial charge < -0.3 is 10.2 Å². The average molecular weight is 323 g/mol. The molecule has 0 fully saturated rings. The number of fused-ring (bicyclic) bond motifs is 2. The van der Waals surface area contributed by atoms with Gasteiger partial charge in [0.25, 0.3) is 5.91 Å². The maximum Gasteiger partial charge on any atom is 0.259 e. The second-order valence-corrected chi connectivity index (χ2v) is 5.82. The van der Waals surface area contributed by atoms with Crippen LogP contribution in [0.25, 0.3) is 5.65 Å². The van der Waals surface area contributed by atoms with Crippen molar-refractivity contribution in [3.8, 4) is 0 Å². The normalized spacial score (nSPS) is 13.8. The van der Waals surface area contributed by atoms with Crippen molar-refractivity contribution < 1.29 is 4.79 Å². The summed E-state index contributed by atoms with van der Waals surface area (Å²) in [6.07, 6.45) is 4.10. The fraction of sp³-hybridized carbons (Fsp3) is 0.312. The first-order chi connectivity index (χ1) is 11.7. The Morgan fingerprint density at radius 1 is 1.33 bits per heavy atom. The van der Waals surface area contributed by atoms with Crippen LogP contribution in [0.4, 0.5) is 5.82 Å². The zero-order valence-corrected chi connectivity index (χ0v) is 13.5. The lowest BCUT2D eigenvalue weighted by molar-refractivity contribution is 0.0735. The van der Waals surface area contributed by atoms with Crippen LogP contribution in [0.15, 0.2) is 24.5 Å². The van der Waals surface area contributed by atoms with E-state index in [0.717, 1.165) is 17.0 Å². The molecular weight excluding hydrogens is 306 g/mol. The van der Waals surface area contributed by atoms with Crippen molar-refractivity contribution in [2.45, 2.75) is 19.9 Å². The van der Waals surface area contributed by atoms with Gasteiger partial charge in [-0.1, -0.05) is 0 Å². The number of hydrogen-bond donors (Lipinski definition) is 1. The van der Waals surface area contributed by atoms with Crippen LogP contribution in [0.5, 0.6) is 0 Å². The van der Waals surface area contributed by atoms with Gasteiger partial charge in [0.1, 0.15) is 11.4 Å². The predicted molar refractivity (Wildman–Crippen MR) is 87.7 cm³/mol. The lowest BCUT2D eigenvalue weighted by Crippen LogP contribution is -2.36. The number of aromatic nitrogens is 5. The van der Waals surface area contributed by atoms with Gasteiger partial charge in [-0.2, -0.15) is 10.2 Å². The first kappa shape index (κ1) is 14.6. The van der Waals surface area contributed by atoms with E-state index in [1.165, 1.54) is 0 Å². The smallest absolute Gasteiger partial charge is 0.259 e. The van der Waals surface area contributed by atoms with Crippen LogP contribution >= 0.6 is 0 Å². The number of nitrogens with one attached hydrogen (secondary N) is 1. The summed E-state index contributed by atoms with van der Waals surface area (Å²) in [7, 11) is 1.80. The van der Waals surface area contributed by atoms with Gasteiger partial charge in [0, 0.05) is 38.4 Å². The third kappa shape index (κ3) is 2.36. The lowest BCUT2D eigenvalue weighted by Gasteiger charge is -2.27. The Bertz CT molecular complexity index is 933. The summed E-state index contributed by atoms with van der Waals surface area (Å²) in [5, 5.41) is 15.5. The van der Waals surface area contributed by atoms with E-state index >= 15 is 0 Å². The van der Waals surface area contributed by atoms with Crippen molar-refractivity contribution in [3.63, 3.8) is 0 Å². The van der Waals surface area contributed by atoms with E-state index in [9.17, 15) is 4.79 Å². The molecule has 0 unspecified atom stereocenters. The predicted octanol–water partition coefficient (Wildman–Crippen LogP) is 1.07. The molecule has 4 heterocycles. The van der Waals surface area contributed by atoms with Gasteiger partial charge >= 0.3 is 0 Å². The molecule has 0 aromatic carbocycles. The van der Waals surface area contributed by atoms with Crippen molar-refractivity contribution in [1.29, 1.82) is 0 Å². The number of carbonyl (C=O) groups is 1. The van der Waals surface area contributed by atoms with Gasteiger partial charge in [-0.05, 0) is 24.6 Å². The number of rotatable bonds is 2. The Balaban J connectivity index is 1.66. The topological polar surface area (TPSA) is 88.3 Å². The first-order valence-electron chi connectivity index (χ1n) is 7.79. The Kier molecular flexibility index (Phi) is 3.37. The molecule has 3 aromatic heterocycles. The molecule has 8 heteroatoms. The van der Waals surface area contributed by atoms with Crippen molar-refractivity contribution in [1.82, 2.24) is 29.7 Å². The molecule has 4 rings (SSSR count). The van der Waals surface area contributed by atoms with Crippen molar-refractivity contribution in [2.24, 2.45) is 0 Å². The Hall–Kier alpha value is -3.03. The summed E-state index contributed by atoms with van der Waals surface area (Å²) in [4.78, 5) is 19.2. The number of carbonyl (C=O) groups excluding carboxylic acids is 1. The minimum atomic E-state index is -0.0587. The minimum Gasteiger partial charge on any atom is -0.372 e. The number of nitrogens with zero attached hydrogens (tertiary/aromatic N) is 6. The molecule has 0 saturated heterocycles. The van der Waals surface area contributed by atoms with Crippen molar-refractivity contribution >= 4 is 17.4 Å². The van der Waals surface area contributed by atoms with Crippen molar-refractivity contribution in [2.75, 3.05) is 18.9 Å². The van der Waals surface area contributed by atoms with Crippen LogP contribution < -0.4 is 5.32 Å². The van der Waals surface area contributed by atoms with Crippen LogP contribution in [0.1, 0.15) is 27.3 Å². The van der Waals surface area contributed by atoms with Crippen LogP contribution in [-0.4, -0.2) is 49.2 Å². The number of aryl methyl sites for hydroxylation is 1. The molecule has 0 bridgehead atoms. The highest BCUT2D eigenvalue weighted by molar-refractivity contribution is 5.99. The zero-order chi connectivity index (χ0) is 16.7. The third-order valence-corrected chi connectivity index (χ3v) is 4.22. The minimum absolute atomic E-state index is 0.0587.